The number of likely N-dealkylation sites (N-methyl/N-ethyl adjacent to an activating group) is 1. The Morgan fingerprint density at radius 1 is 1.12 bits per heavy atom. The molecule has 2 N–H and O–H groups in total. The minimum Gasteiger partial charge on any atom is -0.492 e. The van der Waals surface area contributed by atoms with Crippen molar-refractivity contribution in [1.82, 2.24) is 15.5 Å². The van der Waals surface area contributed by atoms with Crippen molar-refractivity contribution in [2.45, 2.75) is 38.9 Å². The van der Waals surface area contributed by atoms with Crippen LogP contribution in [0.4, 0.5) is 4.39 Å². The summed E-state index contributed by atoms with van der Waals surface area (Å²) in [5.41, 5.74) is 2.08. The first-order valence-electron chi connectivity index (χ1n) is 11.4. The van der Waals surface area contributed by atoms with Gasteiger partial charge in [0.15, 0.2) is 5.96 Å². The monoisotopic (exact) mass is 442 g/mol. The van der Waals surface area contributed by atoms with Crippen molar-refractivity contribution < 1.29 is 13.9 Å². The number of hydrogen-bond donors (Lipinski definition) is 2. The van der Waals surface area contributed by atoms with Crippen LogP contribution >= 0.6 is 0 Å². The van der Waals surface area contributed by atoms with E-state index in [2.05, 4.69) is 27.6 Å². The van der Waals surface area contributed by atoms with Crippen LogP contribution in [-0.4, -0.2) is 56.9 Å². The quantitative estimate of drug-likeness (QED) is 0.435. The molecule has 0 bridgehead atoms. The van der Waals surface area contributed by atoms with E-state index in [0.29, 0.717) is 25.7 Å². The SMILES string of the molecule is CCNC(=NCc1cccc(OCCN(C)C2CCOCC2)c1)NCc1ccc(F)cc1. The molecule has 1 aliphatic heterocycles. The van der Waals surface area contributed by atoms with Gasteiger partial charge >= 0.3 is 0 Å². The van der Waals surface area contributed by atoms with Crippen molar-refractivity contribution in [1.29, 1.82) is 0 Å². The van der Waals surface area contributed by atoms with E-state index in [1.165, 1.54) is 12.1 Å². The first-order valence-corrected chi connectivity index (χ1v) is 11.4. The van der Waals surface area contributed by atoms with Gasteiger partial charge in [-0.1, -0.05) is 24.3 Å². The van der Waals surface area contributed by atoms with Crippen molar-refractivity contribution in [2.24, 2.45) is 4.99 Å². The lowest BCUT2D eigenvalue weighted by molar-refractivity contribution is 0.0392. The van der Waals surface area contributed by atoms with Gasteiger partial charge in [-0.25, -0.2) is 9.38 Å². The van der Waals surface area contributed by atoms with E-state index in [1.807, 2.05) is 31.2 Å². The summed E-state index contributed by atoms with van der Waals surface area (Å²) in [5, 5.41) is 6.54. The maximum absolute atomic E-state index is 13.1. The van der Waals surface area contributed by atoms with Gasteiger partial charge in [-0.15, -0.1) is 0 Å². The summed E-state index contributed by atoms with van der Waals surface area (Å²) in [6, 6.07) is 15.1. The lowest BCUT2D eigenvalue weighted by Gasteiger charge is -2.31. The summed E-state index contributed by atoms with van der Waals surface area (Å²) in [4.78, 5) is 7.04. The van der Waals surface area contributed by atoms with Crippen LogP contribution in [0.5, 0.6) is 5.75 Å². The van der Waals surface area contributed by atoms with E-state index in [0.717, 1.165) is 62.0 Å². The Labute approximate surface area is 190 Å². The van der Waals surface area contributed by atoms with Crippen molar-refractivity contribution in [3.63, 3.8) is 0 Å². The van der Waals surface area contributed by atoms with E-state index in [9.17, 15) is 4.39 Å². The fourth-order valence-electron chi connectivity index (χ4n) is 3.65. The fourth-order valence-corrected chi connectivity index (χ4v) is 3.65. The predicted molar refractivity (Wildman–Crippen MR) is 126 cm³/mol. The average molecular weight is 443 g/mol. The molecule has 0 aromatic heterocycles. The standard InChI is InChI=1S/C25H35FN4O2/c1-3-27-25(28-18-20-7-9-22(26)10-8-20)29-19-21-5-4-6-24(17-21)32-16-13-30(2)23-11-14-31-15-12-23/h4-10,17,23H,3,11-16,18-19H2,1-2H3,(H2,27,28,29). The number of ether oxygens (including phenoxy) is 2. The second-order valence-electron chi connectivity index (χ2n) is 8.00. The molecule has 0 saturated carbocycles. The average Bonchev–Trinajstić information content (AvgIpc) is 2.82. The number of aliphatic imine (C=N–C) groups is 1. The first kappa shape index (κ1) is 24.0. The van der Waals surface area contributed by atoms with Gasteiger partial charge in [0, 0.05) is 38.9 Å². The molecule has 6 nitrogen and oxygen atoms in total. The van der Waals surface area contributed by atoms with Crippen LogP contribution in [0, 0.1) is 5.82 Å². The van der Waals surface area contributed by atoms with E-state index < -0.39 is 0 Å². The Hall–Kier alpha value is -2.64. The third kappa shape index (κ3) is 8.13. The highest BCUT2D eigenvalue weighted by atomic mass is 19.1. The Morgan fingerprint density at radius 3 is 2.66 bits per heavy atom. The van der Waals surface area contributed by atoms with Crippen LogP contribution in [0.15, 0.2) is 53.5 Å². The van der Waals surface area contributed by atoms with Gasteiger partial charge < -0.3 is 20.1 Å². The van der Waals surface area contributed by atoms with Gasteiger partial charge in [0.25, 0.3) is 0 Å². The normalized spacial score (nSPS) is 15.1. The van der Waals surface area contributed by atoms with Crippen LogP contribution in [0.2, 0.25) is 0 Å². The van der Waals surface area contributed by atoms with Crippen molar-refractivity contribution >= 4 is 5.96 Å². The molecule has 174 valence electrons. The van der Waals surface area contributed by atoms with Gasteiger partial charge in [0.05, 0.1) is 6.54 Å². The van der Waals surface area contributed by atoms with E-state index in [1.54, 1.807) is 12.1 Å². The number of rotatable bonds is 10. The summed E-state index contributed by atoms with van der Waals surface area (Å²) < 4.78 is 24.5. The highest BCUT2D eigenvalue weighted by Gasteiger charge is 2.17. The number of nitrogens with one attached hydrogen (secondary N) is 2. The smallest absolute Gasteiger partial charge is 0.191 e. The Kier molecular flexibility index (Phi) is 9.78. The molecule has 32 heavy (non-hydrogen) atoms. The maximum Gasteiger partial charge on any atom is 0.191 e. The second kappa shape index (κ2) is 13.0. The van der Waals surface area contributed by atoms with Crippen LogP contribution in [0.25, 0.3) is 0 Å². The molecule has 0 amide bonds. The van der Waals surface area contributed by atoms with Gasteiger partial charge in [0.2, 0.25) is 0 Å². The molecular formula is C25H35FN4O2. The van der Waals surface area contributed by atoms with Crippen LogP contribution in [-0.2, 0) is 17.8 Å². The highest BCUT2D eigenvalue weighted by Crippen LogP contribution is 2.16. The zero-order valence-electron chi connectivity index (χ0n) is 19.1. The molecule has 0 atom stereocenters. The lowest BCUT2D eigenvalue weighted by atomic mass is 10.1. The van der Waals surface area contributed by atoms with Crippen molar-refractivity contribution in [3.05, 3.63) is 65.5 Å². The van der Waals surface area contributed by atoms with Gasteiger partial charge in [-0.05, 0) is 62.2 Å². The largest absolute Gasteiger partial charge is 0.492 e. The molecule has 0 aliphatic carbocycles. The molecular weight excluding hydrogens is 407 g/mol. The molecule has 1 aliphatic rings. The number of benzene rings is 2. The van der Waals surface area contributed by atoms with Gasteiger partial charge in [-0.3, -0.25) is 4.90 Å². The molecule has 1 saturated heterocycles. The summed E-state index contributed by atoms with van der Waals surface area (Å²) in [7, 11) is 2.16. The highest BCUT2D eigenvalue weighted by molar-refractivity contribution is 5.79. The minimum atomic E-state index is -0.230. The summed E-state index contributed by atoms with van der Waals surface area (Å²) in [5.74, 6) is 1.36. The number of guanidine groups is 1. The lowest BCUT2D eigenvalue weighted by Crippen LogP contribution is -2.38. The predicted octanol–water partition coefficient (Wildman–Crippen LogP) is 3.57. The zero-order valence-corrected chi connectivity index (χ0v) is 19.1. The Balaban J connectivity index is 1.47. The maximum atomic E-state index is 13.1. The van der Waals surface area contributed by atoms with Crippen LogP contribution in [0.3, 0.4) is 0 Å². The molecule has 2 aromatic rings. The Morgan fingerprint density at radius 2 is 1.91 bits per heavy atom. The third-order valence-corrected chi connectivity index (χ3v) is 5.56. The minimum absolute atomic E-state index is 0.230. The molecule has 7 heteroatoms. The van der Waals surface area contributed by atoms with Gasteiger partial charge in [0.1, 0.15) is 18.2 Å². The summed E-state index contributed by atoms with van der Waals surface area (Å²) in [6.45, 7) is 7.17. The van der Waals surface area contributed by atoms with Crippen LogP contribution in [0.1, 0.15) is 30.9 Å². The fraction of sp³-hybridized carbons (Fsp3) is 0.480. The van der Waals surface area contributed by atoms with Gasteiger partial charge in [-0.2, -0.15) is 0 Å². The number of hydrogen-bond acceptors (Lipinski definition) is 4. The molecule has 2 aromatic carbocycles. The first-order chi connectivity index (χ1) is 15.6. The molecule has 0 spiro atoms. The van der Waals surface area contributed by atoms with E-state index in [-0.39, 0.29) is 5.82 Å². The molecule has 1 fully saturated rings. The van der Waals surface area contributed by atoms with Crippen molar-refractivity contribution in [2.75, 3.05) is 40.0 Å². The summed E-state index contributed by atoms with van der Waals surface area (Å²) >= 11 is 0. The molecule has 0 unspecified atom stereocenters. The van der Waals surface area contributed by atoms with E-state index in [4.69, 9.17) is 9.47 Å². The van der Waals surface area contributed by atoms with Crippen molar-refractivity contribution in [3.8, 4) is 5.75 Å². The summed E-state index contributed by atoms with van der Waals surface area (Å²) in [6.07, 6.45) is 2.18. The third-order valence-electron chi connectivity index (χ3n) is 5.56. The second-order valence-corrected chi connectivity index (χ2v) is 8.00. The molecule has 0 radical (unpaired) electrons. The number of nitrogens with zero attached hydrogens (tertiary/aromatic N) is 2. The number of halogens is 1. The van der Waals surface area contributed by atoms with E-state index >= 15 is 0 Å². The zero-order chi connectivity index (χ0) is 22.6. The Bertz CT molecular complexity index is 838. The molecule has 3 rings (SSSR count). The topological polar surface area (TPSA) is 58.1 Å². The molecule has 1 heterocycles. The van der Waals surface area contributed by atoms with Crippen LogP contribution < -0.4 is 15.4 Å².